The number of ether oxygens (including phenoxy) is 1. The first kappa shape index (κ1) is 18.3. The molecule has 0 aliphatic carbocycles. The minimum Gasteiger partial charge on any atom is -0.481 e. The van der Waals surface area contributed by atoms with E-state index in [4.69, 9.17) is 9.94 Å². The molecule has 0 aromatic heterocycles. The predicted molar refractivity (Wildman–Crippen MR) is 65.2 cm³/mol. The second kappa shape index (κ2) is 9.24. The van der Waals surface area contributed by atoms with Crippen LogP contribution in [0.1, 0.15) is 33.1 Å². The average Bonchev–Trinajstić information content (AvgIpc) is 2.28. The summed E-state index contributed by atoms with van der Waals surface area (Å²) in [5, 5.41) is 8.40. The molecular weight excluding hydrogens is 279 g/mol. The lowest BCUT2D eigenvalue weighted by Gasteiger charge is -2.08. The number of allylic oxidation sites excluding steroid dienone is 4. The van der Waals surface area contributed by atoms with Gasteiger partial charge in [0.2, 0.25) is 0 Å². The third-order valence-corrected chi connectivity index (χ3v) is 1.98. The molecule has 0 aromatic rings. The molecule has 0 saturated heterocycles. The Hall–Kier alpha value is -1.70. The zero-order chi connectivity index (χ0) is 15.6. The molecule has 0 saturated carbocycles. The SMILES string of the molecule is C/C(=C\C=C(/C)OC(F)(F)F)ONCCCCC(=O)O. The zero-order valence-corrected chi connectivity index (χ0v) is 11.3. The quantitative estimate of drug-likeness (QED) is 0.296. The van der Waals surface area contributed by atoms with Crippen LogP contribution in [0.4, 0.5) is 13.2 Å². The number of aliphatic carboxylic acids is 1. The van der Waals surface area contributed by atoms with E-state index in [-0.39, 0.29) is 12.2 Å². The van der Waals surface area contributed by atoms with Crippen LogP contribution in [0.25, 0.3) is 0 Å². The van der Waals surface area contributed by atoms with Crippen LogP contribution in [0.15, 0.2) is 23.7 Å². The van der Waals surface area contributed by atoms with Crippen molar-refractivity contribution in [3.8, 4) is 0 Å². The van der Waals surface area contributed by atoms with Crippen LogP contribution in [0.5, 0.6) is 0 Å². The van der Waals surface area contributed by atoms with Crippen LogP contribution in [0.2, 0.25) is 0 Å². The first-order valence-electron chi connectivity index (χ1n) is 5.93. The van der Waals surface area contributed by atoms with Crippen molar-refractivity contribution in [2.24, 2.45) is 0 Å². The van der Waals surface area contributed by atoms with Gasteiger partial charge in [-0.15, -0.1) is 13.2 Å². The van der Waals surface area contributed by atoms with E-state index in [0.29, 0.717) is 25.1 Å². The highest BCUT2D eigenvalue weighted by Gasteiger charge is 2.30. The van der Waals surface area contributed by atoms with Gasteiger partial charge < -0.3 is 14.7 Å². The van der Waals surface area contributed by atoms with Crippen molar-refractivity contribution in [1.82, 2.24) is 5.48 Å². The fraction of sp³-hybridized carbons (Fsp3) is 0.583. The number of hydrogen-bond acceptors (Lipinski definition) is 4. The lowest BCUT2D eigenvalue weighted by atomic mass is 10.2. The van der Waals surface area contributed by atoms with Crippen LogP contribution in [-0.2, 0) is 14.4 Å². The molecule has 0 fully saturated rings. The molecule has 20 heavy (non-hydrogen) atoms. The molecule has 0 radical (unpaired) electrons. The summed E-state index contributed by atoms with van der Waals surface area (Å²) in [5.41, 5.74) is 2.58. The molecule has 0 rings (SSSR count). The predicted octanol–water partition coefficient (Wildman–Crippen LogP) is 3.11. The van der Waals surface area contributed by atoms with Crippen molar-refractivity contribution in [2.45, 2.75) is 39.5 Å². The van der Waals surface area contributed by atoms with E-state index in [1.165, 1.54) is 13.0 Å². The van der Waals surface area contributed by atoms with Gasteiger partial charge in [0.15, 0.2) is 0 Å². The van der Waals surface area contributed by atoms with Crippen LogP contribution < -0.4 is 5.48 Å². The number of carbonyl (C=O) groups is 1. The number of carboxylic acid groups (broad SMARTS) is 1. The van der Waals surface area contributed by atoms with E-state index < -0.39 is 12.3 Å². The monoisotopic (exact) mass is 297 g/mol. The maximum atomic E-state index is 11.8. The summed E-state index contributed by atoms with van der Waals surface area (Å²) < 4.78 is 39.2. The Morgan fingerprint density at radius 3 is 2.35 bits per heavy atom. The van der Waals surface area contributed by atoms with Crippen molar-refractivity contribution in [3.05, 3.63) is 23.7 Å². The van der Waals surface area contributed by atoms with E-state index in [9.17, 15) is 18.0 Å². The van der Waals surface area contributed by atoms with Gasteiger partial charge in [0.05, 0.1) is 0 Å². The summed E-state index contributed by atoms with van der Waals surface area (Å²) in [7, 11) is 0. The number of nitrogens with one attached hydrogen (secondary N) is 1. The van der Waals surface area contributed by atoms with E-state index in [0.717, 1.165) is 6.08 Å². The van der Waals surface area contributed by atoms with Gasteiger partial charge in [-0.2, -0.15) is 5.48 Å². The normalized spacial score (nSPS) is 13.2. The van der Waals surface area contributed by atoms with Crippen LogP contribution in [0, 0.1) is 0 Å². The number of unbranched alkanes of at least 4 members (excludes halogenated alkanes) is 1. The number of alkyl halides is 3. The summed E-state index contributed by atoms with van der Waals surface area (Å²) in [6.07, 6.45) is -1.02. The highest BCUT2D eigenvalue weighted by molar-refractivity contribution is 5.66. The van der Waals surface area contributed by atoms with E-state index in [1.54, 1.807) is 6.92 Å². The van der Waals surface area contributed by atoms with Gasteiger partial charge >= 0.3 is 12.3 Å². The molecule has 0 heterocycles. The van der Waals surface area contributed by atoms with Crippen LogP contribution in [-0.4, -0.2) is 24.0 Å². The topological polar surface area (TPSA) is 67.8 Å². The Labute approximate surface area is 115 Å². The Bertz CT molecular complexity index is 364. The van der Waals surface area contributed by atoms with Crippen molar-refractivity contribution in [1.29, 1.82) is 0 Å². The highest BCUT2D eigenvalue weighted by atomic mass is 19.4. The lowest BCUT2D eigenvalue weighted by Crippen LogP contribution is -2.15. The Balaban J connectivity index is 3.85. The maximum absolute atomic E-state index is 11.8. The molecule has 0 amide bonds. The molecule has 5 nitrogen and oxygen atoms in total. The molecule has 0 aliphatic rings. The van der Waals surface area contributed by atoms with Crippen molar-refractivity contribution < 1.29 is 32.6 Å². The molecule has 8 heteroatoms. The first-order valence-corrected chi connectivity index (χ1v) is 5.93. The Kier molecular flexibility index (Phi) is 8.46. The number of hydroxylamine groups is 1. The lowest BCUT2D eigenvalue weighted by molar-refractivity contribution is -0.305. The second-order valence-electron chi connectivity index (χ2n) is 3.95. The minimum absolute atomic E-state index is 0.0905. The third-order valence-electron chi connectivity index (χ3n) is 1.98. The summed E-state index contributed by atoms with van der Waals surface area (Å²) in [6.45, 7) is 3.18. The number of carboxylic acids is 1. The summed E-state index contributed by atoms with van der Waals surface area (Å²) in [4.78, 5) is 15.2. The molecule has 2 N–H and O–H groups in total. The smallest absolute Gasteiger partial charge is 0.481 e. The minimum atomic E-state index is -4.70. The largest absolute Gasteiger partial charge is 0.572 e. The fourth-order valence-electron chi connectivity index (χ4n) is 1.12. The number of rotatable bonds is 9. The molecule has 0 spiro atoms. The van der Waals surface area contributed by atoms with Crippen LogP contribution in [0.3, 0.4) is 0 Å². The third kappa shape index (κ3) is 12.7. The van der Waals surface area contributed by atoms with E-state index >= 15 is 0 Å². The number of hydrogen-bond donors (Lipinski definition) is 2. The zero-order valence-electron chi connectivity index (χ0n) is 11.3. The maximum Gasteiger partial charge on any atom is 0.572 e. The molecule has 116 valence electrons. The molecule has 0 atom stereocenters. The van der Waals surface area contributed by atoms with Gasteiger partial charge in [-0.3, -0.25) is 4.79 Å². The summed E-state index contributed by atoms with van der Waals surface area (Å²) in [6, 6.07) is 0. The van der Waals surface area contributed by atoms with Gasteiger partial charge in [0.1, 0.15) is 11.5 Å². The van der Waals surface area contributed by atoms with Gasteiger partial charge in [-0.25, -0.2) is 0 Å². The highest BCUT2D eigenvalue weighted by Crippen LogP contribution is 2.20. The fourth-order valence-corrected chi connectivity index (χ4v) is 1.12. The van der Waals surface area contributed by atoms with Crippen molar-refractivity contribution >= 4 is 5.97 Å². The Morgan fingerprint density at radius 2 is 1.80 bits per heavy atom. The summed E-state index contributed by atoms with van der Waals surface area (Å²) >= 11 is 0. The number of halogens is 3. The molecule has 0 bridgehead atoms. The van der Waals surface area contributed by atoms with E-state index in [2.05, 4.69) is 10.2 Å². The second-order valence-corrected chi connectivity index (χ2v) is 3.95. The molecule has 0 unspecified atom stereocenters. The van der Waals surface area contributed by atoms with Gasteiger partial charge in [0.25, 0.3) is 0 Å². The van der Waals surface area contributed by atoms with Crippen LogP contribution >= 0.6 is 0 Å². The van der Waals surface area contributed by atoms with Crippen molar-refractivity contribution in [3.63, 3.8) is 0 Å². The van der Waals surface area contributed by atoms with Gasteiger partial charge in [-0.05, 0) is 38.8 Å². The summed E-state index contributed by atoms with van der Waals surface area (Å²) in [5.74, 6) is -0.803. The van der Waals surface area contributed by atoms with Gasteiger partial charge in [-0.1, -0.05) is 0 Å². The van der Waals surface area contributed by atoms with E-state index in [1.807, 2.05) is 0 Å². The van der Waals surface area contributed by atoms with Crippen molar-refractivity contribution in [2.75, 3.05) is 6.54 Å². The average molecular weight is 297 g/mol. The van der Waals surface area contributed by atoms with Gasteiger partial charge in [0, 0.05) is 13.0 Å². The molecular formula is C12H18F3NO4. The standard InChI is InChI=1S/C12H18F3NO4/c1-9(19-12(13,14)15)6-7-10(2)20-16-8-4-3-5-11(17)18/h6-7,16H,3-5,8H2,1-2H3,(H,17,18)/b9-6+,10-7+. The molecule has 0 aromatic carbocycles. The first-order chi connectivity index (χ1) is 9.20. The Morgan fingerprint density at radius 1 is 1.20 bits per heavy atom. The molecule has 0 aliphatic heterocycles.